The first kappa shape index (κ1) is 21.5. The molecule has 0 saturated heterocycles. The van der Waals surface area contributed by atoms with E-state index in [0.29, 0.717) is 22.0 Å². The zero-order valence-corrected chi connectivity index (χ0v) is 17.2. The number of furan rings is 1. The molecule has 0 aliphatic heterocycles. The molecule has 0 bridgehead atoms. The monoisotopic (exact) mass is 460 g/mol. The van der Waals surface area contributed by atoms with Crippen LogP contribution in [0, 0.1) is 11.3 Å². The second-order valence-corrected chi connectivity index (χ2v) is 7.18. The van der Waals surface area contributed by atoms with E-state index in [1.165, 1.54) is 30.3 Å². The lowest BCUT2D eigenvalue weighted by Crippen LogP contribution is -2.13. The molecule has 9 heteroatoms. The van der Waals surface area contributed by atoms with Crippen LogP contribution in [0.1, 0.15) is 16.1 Å². The van der Waals surface area contributed by atoms with Crippen molar-refractivity contribution in [3.63, 3.8) is 0 Å². The Morgan fingerprint density at radius 2 is 1.77 bits per heavy atom. The van der Waals surface area contributed by atoms with Gasteiger partial charge in [0.15, 0.2) is 0 Å². The van der Waals surface area contributed by atoms with Gasteiger partial charge in [0.05, 0.1) is 20.6 Å². The average molecular weight is 462 g/mol. The molecule has 2 N–H and O–H groups in total. The normalized spacial score (nSPS) is 11.1. The minimum atomic E-state index is -1.14. The number of nitrogens with one attached hydrogen (secondary N) is 1. The minimum absolute atomic E-state index is 0.0298. The number of nitrogens with zero attached hydrogens (tertiary/aromatic N) is 1. The molecule has 0 aliphatic carbocycles. The summed E-state index contributed by atoms with van der Waals surface area (Å²) in [5, 5.41) is 21.6. The molecule has 3 aromatic rings. The van der Waals surface area contributed by atoms with Crippen molar-refractivity contribution in [3.8, 4) is 17.4 Å². The fourth-order valence-electron chi connectivity index (χ4n) is 2.49. The van der Waals surface area contributed by atoms with E-state index in [-0.39, 0.29) is 26.9 Å². The number of carbonyl (C=O) groups is 2. The Kier molecular flexibility index (Phi) is 6.48. The summed E-state index contributed by atoms with van der Waals surface area (Å²) in [4.78, 5) is 23.4. The Hall–Kier alpha value is -3.24. The number of hydrogen-bond acceptors (Lipinski definition) is 4. The molecule has 3 rings (SSSR count). The van der Waals surface area contributed by atoms with Gasteiger partial charge in [0.25, 0.3) is 5.91 Å². The van der Waals surface area contributed by atoms with Crippen LogP contribution in [-0.2, 0) is 4.79 Å². The highest BCUT2D eigenvalue weighted by atomic mass is 35.5. The predicted octanol–water partition coefficient (Wildman–Crippen LogP) is 6.15. The van der Waals surface area contributed by atoms with Crippen molar-refractivity contribution < 1.29 is 19.1 Å². The number of carbonyl (C=O) groups excluding carboxylic acids is 1. The van der Waals surface area contributed by atoms with E-state index in [1.54, 1.807) is 24.3 Å². The van der Waals surface area contributed by atoms with Crippen molar-refractivity contribution in [2.24, 2.45) is 0 Å². The first-order valence-electron chi connectivity index (χ1n) is 8.29. The van der Waals surface area contributed by atoms with Crippen LogP contribution in [-0.4, -0.2) is 17.0 Å². The summed E-state index contributed by atoms with van der Waals surface area (Å²) in [7, 11) is 0. The molecule has 0 saturated carbocycles. The van der Waals surface area contributed by atoms with Crippen LogP contribution in [0.25, 0.3) is 17.4 Å². The zero-order valence-electron chi connectivity index (χ0n) is 14.9. The Balaban J connectivity index is 1.82. The van der Waals surface area contributed by atoms with Crippen molar-refractivity contribution >= 4 is 58.4 Å². The summed E-state index contributed by atoms with van der Waals surface area (Å²) in [5.41, 5.74) is 0.700. The van der Waals surface area contributed by atoms with E-state index < -0.39 is 11.9 Å². The van der Waals surface area contributed by atoms with Gasteiger partial charge in [-0.1, -0.05) is 40.9 Å². The molecule has 0 radical (unpaired) electrons. The fraction of sp³-hybridized carbons (Fsp3) is 0. The highest BCUT2D eigenvalue weighted by Crippen LogP contribution is 2.28. The third-order valence-corrected chi connectivity index (χ3v) is 4.99. The van der Waals surface area contributed by atoms with Crippen LogP contribution in [0.4, 0.5) is 5.69 Å². The smallest absolute Gasteiger partial charge is 0.337 e. The van der Waals surface area contributed by atoms with Gasteiger partial charge in [0, 0.05) is 17.3 Å². The van der Waals surface area contributed by atoms with Gasteiger partial charge in [-0.25, -0.2) is 4.79 Å². The molecule has 2 aromatic carbocycles. The molecule has 0 fully saturated rings. The summed E-state index contributed by atoms with van der Waals surface area (Å²) in [6.07, 6.45) is 1.28. The quantitative estimate of drug-likeness (QED) is 0.350. The average Bonchev–Trinajstić information content (AvgIpc) is 3.17. The number of carboxylic acid groups (broad SMARTS) is 1. The fourth-order valence-corrected chi connectivity index (χ4v) is 3.05. The number of rotatable bonds is 5. The number of hydrogen-bond donors (Lipinski definition) is 2. The summed E-state index contributed by atoms with van der Waals surface area (Å²) in [6.45, 7) is 0. The summed E-state index contributed by atoms with van der Waals surface area (Å²) >= 11 is 17.7. The Bertz CT molecular complexity index is 1230. The number of amides is 1. The van der Waals surface area contributed by atoms with Gasteiger partial charge in [0.1, 0.15) is 23.2 Å². The lowest BCUT2D eigenvalue weighted by atomic mass is 10.1. The van der Waals surface area contributed by atoms with Crippen LogP contribution in [0.2, 0.25) is 15.1 Å². The summed E-state index contributed by atoms with van der Waals surface area (Å²) in [6, 6.07) is 13.9. The molecule has 1 heterocycles. The van der Waals surface area contributed by atoms with E-state index in [4.69, 9.17) is 44.3 Å². The van der Waals surface area contributed by atoms with Crippen LogP contribution in [0.5, 0.6) is 0 Å². The molecule has 6 nitrogen and oxygen atoms in total. The largest absolute Gasteiger partial charge is 0.478 e. The van der Waals surface area contributed by atoms with Crippen molar-refractivity contribution in [3.05, 3.63) is 80.5 Å². The van der Waals surface area contributed by atoms with Gasteiger partial charge < -0.3 is 14.8 Å². The lowest BCUT2D eigenvalue weighted by Gasteiger charge is -2.05. The molecule has 0 spiro atoms. The van der Waals surface area contributed by atoms with Crippen LogP contribution >= 0.6 is 34.8 Å². The van der Waals surface area contributed by atoms with Crippen LogP contribution < -0.4 is 5.32 Å². The van der Waals surface area contributed by atoms with Gasteiger partial charge in [-0.3, -0.25) is 4.79 Å². The molecule has 0 aliphatic rings. The molecule has 1 amide bonds. The van der Waals surface area contributed by atoms with E-state index in [1.807, 2.05) is 6.07 Å². The number of aromatic carboxylic acids is 1. The van der Waals surface area contributed by atoms with Crippen molar-refractivity contribution in [1.29, 1.82) is 5.26 Å². The molecule has 0 atom stereocenters. The molecule has 30 heavy (non-hydrogen) atoms. The molecule has 0 unspecified atom stereocenters. The van der Waals surface area contributed by atoms with Crippen molar-refractivity contribution in [1.82, 2.24) is 0 Å². The Labute approximate surface area is 185 Å². The molecule has 150 valence electrons. The number of benzene rings is 2. The van der Waals surface area contributed by atoms with Gasteiger partial charge >= 0.3 is 5.97 Å². The topological polar surface area (TPSA) is 103 Å². The molecular formula is C21H11Cl3N2O4. The van der Waals surface area contributed by atoms with Crippen molar-refractivity contribution in [2.45, 2.75) is 0 Å². The first-order valence-corrected chi connectivity index (χ1v) is 9.43. The maximum atomic E-state index is 12.4. The van der Waals surface area contributed by atoms with Gasteiger partial charge in [-0.05, 0) is 42.5 Å². The number of anilines is 1. The standard InChI is InChI=1S/C21H11Cl3N2O4/c22-16-5-2-13(9-18(16)24)26-20(27)12(10-25)7-14-3-6-19(30-14)11-1-4-15(21(28)29)17(23)8-11/h1-9H,(H,26,27)(H,28,29)/b12-7-. The molecular weight excluding hydrogens is 451 g/mol. The summed E-state index contributed by atoms with van der Waals surface area (Å²) in [5.74, 6) is -1.14. The highest BCUT2D eigenvalue weighted by molar-refractivity contribution is 6.42. The first-order chi connectivity index (χ1) is 14.3. The van der Waals surface area contributed by atoms with E-state index in [2.05, 4.69) is 5.32 Å². The second-order valence-electron chi connectivity index (χ2n) is 5.95. The van der Waals surface area contributed by atoms with Gasteiger partial charge in [-0.2, -0.15) is 5.26 Å². The SMILES string of the molecule is N#C/C(=C/c1ccc(-c2ccc(C(=O)O)c(Cl)c2)o1)C(=O)Nc1ccc(Cl)c(Cl)c1. The Morgan fingerprint density at radius 1 is 1.00 bits per heavy atom. The maximum Gasteiger partial charge on any atom is 0.337 e. The van der Waals surface area contributed by atoms with E-state index in [0.717, 1.165) is 0 Å². The van der Waals surface area contributed by atoms with Crippen molar-refractivity contribution in [2.75, 3.05) is 5.32 Å². The molecule has 1 aromatic heterocycles. The lowest BCUT2D eigenvalue weighted by molar-refractivity contribution is -0.112. The predicted molar refractivity (Wildman–Crippen MR) is 115 cm³/mol. The summed E-state index contributed by atoms with van der Waals surface area (Å²) < 4.78 is 5.64. The highest BCUT2D eigenvalue weighted by Gasteiger charge is 2.14. The van der Waals surface area contributed by atoms with Crippen LogP contribution in [0.15, 0.2) is 58.5 Å². The number of nitriles is 1. The second kappa shape index (κ2) is 9.06. The third-order valence-electron chi connectivity index (χ3n) is 3.94. The third kappa shape index (κ3) is 4.84. The Morgan fingerprint density at radius 3 is 2.40 bits per heavy atom. The van der Waals surface area contributed by atoms with Gasteiger partial charge in [0.2, 0.25) is 0 Å². The maximum absolute atomic E-state index is 12.4. The van der Waals surface area contributed by atoms with Gasteiger partial charge in [-0.15, -0.1) is 0 Å². The minimum Gasteiger partial charge on any atom is -0.478 e. The number of carboxylic acids is 1. The number of halogens is 3. The zero-order chi connectivity index (χ0) is 21.8. The van der Waals surface area contributed by atoms with E-state index >= 15 is 0 Å². The van der Waals surface area contributed by atoms with Crippen LogP contribution in [0.3, 0.4) is 0 Å². The van der Waals surface area contributed by atoms with E-state index in [9.17, 15) is 14.9 Å².